The number of carbonyl (C=O) groups excluding carboxylic acids is 2. The Kier molecular flexibility index (Phi) is 8.23. The summed E-state index contributed by atoms with van der Waals surface area (Å²) < 4.78 is 34.9. The standard InChI is InChI=1S/C22H30N6O3.C2HF3O2/c1-25-19-12-15(6-7-26-8-10-27(11-9-26)16-13-23-14-16)2-3-17(19)28(22(25)31)18-4-5-20(29)24-21(18)30;3-2(4,5)1(6)7/h2-3,12,16,18,23H,4-11,13-14H2,1H3,(H,24,29,30);(H,6,7). The van der Waals surface area contributed by atoms with E-state index in [0.717, 1.165) is 69.3 Å². The van der Waals surface area contributed by atoms with Crippen LogP contribution in [0.15, 0.2) is 23.0 Å². The number of piperidine rings is 1. The summed E-state index contributed by atoms with van der Waals surface area (Å²) in [6.45, 7) is 7.72. The van der Waals surface area contributed by atoms with Crippen molar-refractivity contribution in [1.82, 2.24) is 29.6 Å². The quantitative estimate of drug-likeness (QED) is 0.455. The number of carboxylic acid groups (broad SMARTS) is 1. The lowest BCUT2D eigenvalue weighted by molar-refractivity contribution is -0.192. The van der Waals surface area contributed by atoms with Crippen molar-refractivity contribution in [2.75, 3.05) is 45.8 Å². The summed E-state index contributed by atoms with van der Waals surface area (Å²) in [4.78, 5) is 50.7. The third-order valence-electron chi connectivity index (χ3n) is 7.32. The number of rotatable bonds is 5. The van der Waals surface area contributed by atoms with Crippen molar-refractivity contribution >= 4 is 28.8 Å². The Morgan fingerprint density at radius 2 is 1.74 bits per heavy atom. The highest BCUT2D eigenvalue weighted by Crippen LogP contribution is 2.24. The summed E-state index contributed by atoms with van der Waals surface area (Å²) in [6, 6.07) is 6.15. The fourth-order valence-electron chi connectivity index (χ4n) is 4.97. The van der Waals surface area contributed by atoms with Crippen molar-refractivity contribution in [3.63, 3.8) is 0 Å². The molecule has 0 aliphatic carbocycles. The molecular weight excluding hydrogens is 509 g/mol. The van der Waals surface area contributed by atoms with Crippen LogP contribution in [0.5, 0.6) is 0 Å². The summed E-state index contributed by atoms with van der Waals surface area (Å²) in [5, 5.41) is 12.8. The van der Waals surface area contributed by atoms with Gasteiger partial charge in [-0.3, -0.25) is 28.9 Å². The molecule has 0 bridgehead atoms. The van der Waals surface area contributed by atoms with E-state index < -0.39 is 24.1 Å². The van der Waals surface area contributed by atoms with E-state index in [9.17, 15) is 27.6 Å². The number of fused-ring (bicyclic) bond motifs is 1. The van der Waals surface area contributed by atoms with E-state index >= 15 is 0 Å². The number of imidazole rings is 1. The molecule has 5 rings (SSSR count). The van der Waals surface area contributed by atoms with E-state index in [4.69, 9.17) is 9.90 Å². The first-order chi connectivity index (χ1) is 18.0. The van der Waals surface area contributed by atoms with Crippen molar-refractivity contribution < 1.29 is 32.7 Å². The number of carboxylic acids is 1. The van der Waals surface area contributed by atoms with Gasteiger partial charge in [-0.15, -0.1) is 0 Å². The van der Waals surface area contributed by atoms with Gasteiger partial charge in [-0.2, -0.15) is 13.2 Å². The third kappa shape index (κ3) is 6.08. The van der Waals surface area contributed by atoms with Crippen LogP contribution in [0, 0.1) is 0 Å². The number of piperazine rings is 1. The number of nitrogens with one attached hydrogen (secondary N) is 2. The van der Waals surface area contributed by atoms with Crippen molar-refractivity contribution in [1.29, 1.82) is 0 Å². The molecule has 0 spiro atoms. The minimum Gasteiger partial charge on any atom is -0.475 e. The van der Waals surface area contributed by atoms with Gasteiger partial charge in [-0.1, -0.05) is 6.07 Å². The van der Waals surface area contributed by atoms with Gasteiger partial charge in [0, 0.05) is 65.3 Å². The van der Waals surface area contributed by atoms with Crippen LogP contribution in [0.4, 0.5) is 13.2 Å². The van der Waals surface area contributed by atoms with Gasteiger partial charge in [-0.05, 0) is 30.5 Å². The lowest BCUT2D eigenvalue weighted by Gasteiger charge is -2.43. The zero-order chi connectivity index (χ0) is 27.6. The fourth-order valence-corrected chi connectivity index (χ4v) is 4.97. The largest absolute Gasteiger partial charge is 0.490 e. The summed E-state index contributed by atoms with van der Waals surface area (Å²) in [5.74, 6) is -3.43. The second-order valence-corrected chi connectivity index (χ2v) is 9.74. The molecule has 3 aliphatic rings. The maximum absolute atomic E-state index is 12.9. The highest BCUT2D eigenvalue weighted by atomic mass is 19.4. The Hall–Kier alpha value is -3.23. The molecule has 4 heterocycles. The number of alkyl halides is 3. The van der Waals surface area contributed by atoms with Crippen LogP contribution in [0.1, 0.15) is 24.4 Å². The van der Waals surface area contributed by atoms with E-state index in [2.05, 4.69) is 32.6 Å². The van der Waals surface area contributed by atoms with Crippen LogP contribution in [-0.4, -0.2) is 99.9 Å². The van der Waals surface area contributed by atoms with Crippen molar-refractivity contribution in [3.8, 4) is 0 Å². The van der Waals surface area contributed by atoms with Gasteiger partial charge in [0.2, 0.25) is 11.8 Å². The molecule has 3 N–H and O–H groups in total. The van der Waals surface area contributed by atoms with Crippen LogP contribution in [0.25, 0.3) is 11.0 Å². The van der Waals surface area contributed by atoms with Gasteiger partial charge in [0.1, 0.15) is 6.04 Å². The summed E-state index contributed by atoms with van der Waals surface area (Å²) in [6.07, 6.45) is -3.55. The first-order valence-corrected chi connectivity index (χ1v) is 12.5. The zero-order valence-corrected chi connectivity index (χ0v) is 21.0. The molecule has 1 unspecified atom stereocenters. The van der Waals surface area contributed by atoms with Crippen LogP contribution in [0.3, 0.4) is 0 Å². The number of aliphatic carboxylic acids is 1. The van der Waals surface area contributed by atoms with E-state index in [1.54, 1.807) is 11.6 Å². The lowest BCUT2D eigenvalue weighted by atomic mass is 10.1. The summed E-state index contributed by atoms with van der Waals surface area (Å²) >= 11 is 0. The molecule has 2 aromatic rings. The number of aromatic nitrogens is 2. The first-order valence-electron chi connectivity index (χ1n) is 12.5. The highest BCUT2D eigenvalue weighted by Gasteiger charge is 2.38. The topological polar surface area (TPSA) is 129 Å². The molecule has 3 saturated heterocycles. The summed E-state index contributed by atoms with van der Waals surface area (Å²) in [7, 11) is 1.74. The molecule has 2 amide bonds. The highest BCUT2D eigenvalue weighted by molar-refractivity contribution is 6.00. The number of halogens is 3. The van der Waals surface area contributed by atoms with Crippen LogP contribution < -0.4 is 16.3 Å². The minimum atomic E-state index is -5.08. The van der Waals surface area contributed by atoms with Gasteiger partial charge < -0.3 is 15.3 Å². The van der Waals surface area contributed by atoms with Crippen molar-refractivity contribution in [2.45, 2.75) is 37.5 Å². The molecule has 1 aromatic carbocycles. The number of benzene rings is 1. The predicted molar refractivity (Wildman–Crippen MR) is 131 cm³/mol. The zero-order valence-electron chi connectivity index (χ0n) is 21.0. The van der Waals surface area contributed by atoms with Crippen LogP contribution in [0.2, 0.25) is 0 Å². The fraction of sp³-hybridized carbons (Fsp3) is 0.583. The molecule has 3 fully saturated rings. The molecule has 0 radical (unpaired) electrons. The number of nitrogens with zero attached hydrogens (tertiary/aromatic N) is 4. The monoisotopic (exact) mass is 540 g/mol. The maximum Gasteiger partial charge on any atom is 0.490 e. The molecule has 11 nitrogen and oxygen atoms in total. The Labute approximate surface area is 216 Å². The Bertz CT molecular complexity index is 1260. The number of aryl methyl sites for hydroxylation is 1. The molecule has 1 aromatic heterocycles. The smallest absolute Gasteiger partial charge is 0.475 e. The van der Waals surface area contributed by atoms with Crippen LogP contribution in [-0.2, 0) is 27.9 Å². The van der Waals surface area contributed by atoms with Gasteiger partial charge in [0.25, 0.3) is 0 Å². The van der Waals surface area contributed by atoms with E-state index in [1.807, 2.05) is 6.07 Å². The molecule has 1 atom stereocenters. The predicted octanol–water partition coefficient (Wildman–Crippen LogP) is 0.0829. The Morgan fingerprint density at radius 1 is 1.08 bits per heavy atom. The van der Waals surface area contributed by atoms with E-state index in [0.29, 0.717) is 6.42 Å². The molecule has 14 heteroatoms. The number of imide groups is 1. The molecule has 3 aliphatic heterocycles. The molecule has 0 saturated carbocycles. The number of amides is 2. The maximum atomic E-state index is 12.9. The van der Waals surface area contributed by atoms with Gasteiger partial charge in [-0.25, -0.2) is 9.59 Å². The summed E-state index contributed by atoms with van der Waals surface area (Å²) in [5.41, 5.74) is 2.54. The van der Waals surface area contributed by atoms with E-state index in [-0.39, 0.29) is 18.0 Å². The van der Waals surface area contributed by atoms with Crippen molar-refractivity contribution in [2.24, 2.45) is 7.05 Å². The van der Waals surface area contributed by atoms with Crippen molar-refractivity contribution in [3.05, 3.63) is 34.2 Å². The van der Waals surface area contributed by atoms with Gasteiger partial charge in [0.05, 0.1) is 11.0 Å². The molecular formula is C24H31F3N6O5. The number of hydrogen-bond acceptors (Lipinski definition) is 7. The first kappa shape index (κ1) is 27.8. The average Bonchev–Trinajstić information content (AvgIpc) is 3.07. The van der Waals surface area contributed by atoms with E-state index in [1.165, 1.54) is 10.1 Å². The average molecular weight is 541 g/mol. The Morgan fingerprint density at radius 3 is 2.29 bits per heavy atom. The minimum absolute atomic E-state index is 0.219. The molecule has 208 valence electrons. The number of carbonyl (C=O) groups is 3. The SMILES string of the molecule is Cn1c(=O)n(C2CCC(=O)NC2=O)c2ccc(CCN3CCN(C4CNC4)CC3)cc21.O=C(O)C(F)(F)F. The van der Waals surface area contributed by atoms with Gasteiger partial charge >= 0.3 is 17.8 Å². The lowest BCUT2D eigenvalue weighted by Crippen LogP contribution is -2.61. The van der Waals surface area contributed by atoms with Crippen LogP contribution >= 0.6 is 0 Å². The number of hydrogen-bond donors (Lipinski definition) is 3. The third-order valence-corrected chi connectivity index (χ3v) is 7.32. The Balaban J connectivity index is 0.000000426. The normalized spacial score (nSPS) is 21.5. The second kappa shape index (κ2) is 11.3. The molecule has 38 heavy (non-hydrogen) atoms. The van der Waals surface area contributed by atoms with Gasteiger partial charge in [0.15, 0.2) is 0 Å². The second-order valence-electron chi connectivity index (χ2n) is 9.74.